The summed E-state index contributed by atoms with van der Waals surface area (Å²) in [6.45, 7) is 8.14. The Labute approximate surface area is 173 Å². The molecule has 8 nitrogen and oxygen atoms in total. The van der Waals surface area contributed by atoms with Gasteiger partial charge in [-0.05, 0) is 24.8 Å². The van der Waals surface area contributed by atoms with Crippen molar-refractivity contribution in [2.45, 2.75) is 33.4 Å². The second-order valence-electron chi connectivity index (χ2n) is 7.15. The van der Waals surface area contributed by atoms with Crippen LogP contribution in [0.5, 0.6) is 0 Å². The van der Waals surface area contributed by atoms with Crippen molar-refractivity contribution in [1.82, 2.24) is 25.4 Å². The molecule has 0 aliphatic carbocycles. The Hall–Kier alpha value is -2.45. The number of benzene rings is 1. The molecule has 0 bridgehead atoms. The predicted molar refractivity (Wildman–Crippen MR) is 115 cm³/mol. The maximum absolute atomic E-state index is 5.84. The van der Waals surface area contributed by atoms with Gasteiger partial charge >= 0.3 is 0 Å². The van der Waals surface area contributed by atoms with Gasteiger partial charge in [-0.2, -0.15) is 0 Å². The number of hydrogen-bond donors (Lipinski definition) is 2. The molecular formula is C21H34N6O2. The molecule has 0 saturated heterocycles. The van der Waals surface area contributed by atoms with Crippen LogP contribution >= 0.6 is 0 Å². The van der Waals surface area contributed by atoms with Gasteiger partial charge in [0, 0.05) is 33.9 Å². The van der Waals surface area contributed by atoms with Crippen molar-refractivity contribution in [3.05, 3.63) is 47.5 Å². The van der Waals surface area contributed by atoms with Crippen molar-refractivity contribution >= 4 is 5.96 Å². The molecule has 0 amide bonds. The highest BCUT2D eigenvalue weighted by Gasteiger charge is 2.07. The van der Waals surface area contributed by atoms with Gasteiger partial charge in [-0.3, -0.25) is 0 Å². The molecule has 1 unspecified atom stereocenters. The minimum Gasteiger partial charge on any atom is -0.385 e. The largest absolute Gasteiger partial charge is 0.385 e. The van der Waals surface area contributed by atoms with E-state index in [1.807, 2.05) is 36.7 Å². The number of methoxy groups -OCH3 is 1. The summed E-state index contributed by atoms with van der Waals surface area (Å²) < 4.78 is 12.9. The van der Waals surface area contributed by atoms with Crippen LogP contribution in [0.4, 0.5) is 0 Å². The Morgan fingerprint density at radius 1 is 1.21 bits per heavy atom. The third kappa shape index (κ3) is 8.62. The highest BCUT2D eigenvalue weighted by Crippen LogP contribution is 2.03. The quantitative estimate of drug-likeness (QED) is 0.321. The number of nitrogens with zero attached hydrogens (tertiary/aromatic N) is 4. The first kappa shape index (κ1) is 22.8. The second kappa shape index (κ2) is 12.9. The molecule has 1 heterocycles. The van der Waals surface area contributed by atoms with E-state index in [1.165, 1.54) is 5.56 Å². The second-order valence-corrected chi connectivity index (χ2v) is 7.15. The highest BCUT2D eigenvalue weighted by atomic mass is 16.5. The van der Waals surface area contributed by atoms with Crippen molar-refractivity contribution in [2.24, 2.45) is 18.0 Å². The van der Waals surface area contributed by atoms with Crippen LogP contribution in [-0.2, 0) is 29.7 Å². The molecule has 0 spiro atoms. The molecule has 160 valence electrons. The summed E-state index contributed by atoms with van der Waals surface area (Å²) in [6.07, 6.45) is 0.913. The molecule has 1 aromatic carbocycles. The Balaban J connectivity index is 1.80. The highest BCUT2D eigenvalue weighted by molar-refractivity contribution is 5.79. The fourth-order valence-corrected chi connectivity index (χ4v) is 2.62. The van der Waals surface area contributed by atoms with Gasteiger partial charge in [0.1, 0.15) is 12.4 Å². The lowest BCUT2D eigenvalue weighted by atomic mass is 10.2. The summed E-state index contributed by atoms with van der Waals surface area (Å²) in [4.78, 5) is 4.66. The van der Waals surface area contributed by atoms with Gasteiger partial charge in [-0.25, -0.2) is 4.99 Å². The van der Waals surface area contributed by atoms with E-state index >= 15 is 0 Å². The minimum absolute atomic E-state index is 0.349. The lowest BCUT2D eigenvalue weighted by Gasteiger charge is -2.17. The van der Waals surface area contributed by atoms with Gasteiger partial charge in [0.25, 0.3) is 0 Å². The number of aryl methyl sites for hydroxylation is 1. The van der Waals surface area contributed by atoms with Crippen LogP contribution in [0, 0.1) is 12.8 Å². The molecule has 1 aromatic heterocycles. The van der Waals surface area contributed by atoms with E-state index in [2.05, 4.69) is 44.9 Å². The smallest absolute Gasteiger partial charge is 0.191 e. The summed E-state index contributed by atoms with van der Waals surface area (Å²) in [5, 5.41) is 15.0. The lowest BCUT2D eigenvalue weighted by Crippen LogP contribution is -2.40. The van der Waals surface area contributed by atoms with E-state index in [-0.39, 0.29) is 0 Å². The first-order valence-corrected chi connectivity index (χ1v) is 10.1. The zero-order valence-electron chi connectivity index (χ0n) is 18.0. The van der Waals surface area contributed by atoms with Gasteiger partial charge in [0.05, 0.1) is 13.2 Å². The molecule has 0 aliphatic rings. The van der Waals surface area contributed by atoms with Crippen LogP contribution < -0.4 is 10.6 Å². The first-order chi connectivity index (χ1) is 14.1. The number of nitrogens with one attached hydrogen (secondary N) is 2. The van der Waals surface area contributed by atoms with Gasteiger partial charge in [0.2, 0.25) is 0 Å². The van der Waals surface area contributed by atoms with Crippen LogP contribution in [0.2, 0.25) is 0 Å². The van der Waals surface area contributed by atoms with Crippen molar-refractivity contribution in [3.8, 4) is 0 Å². The molecule has 1 atom stereocenters. The van der Waals surface area contributed by atoms with E-state index in [0.717, 1.165) is 37.1 Å². The van der Waals surface area contributed by atoms with Crippen LogP contribution in [0.1, 0.15) is 30.6 Å². The average Bonchev–Trinajstić information content (AvgIpc) is 3.05. The molecule has 8 heteroatoms. The lowest BCUT2D eigenvalue weighted by molar-refractivity contribution is 0.0931. The van der Waals surface area contributed by atoms with Crippen molar-refractivity contribution < 1.29 is 9.47 Å². The molecule has 2 rings (SSSR count). The van der Waals surface area contributed by atoms with Crippen LogP contribution in [0.3, 0.4) is 0 Å². The zero-order valence-corrected chi connectivity index (χ0v) is 18.0. The van der Waals surface area contributed by atoms with Crippen molar-refractivity contribution in [3.63, 3.8) is 0 Å². The third-order valence-electron chi connectivity index (χ3n) is 4.51. The maximum Gasteiger partial charge on any atom is 0.191 e. The average molecular weight is 403 g/mol. The fourth-order valence-electron chi connectivity index (χ4n) is 2.62. The van der Waals surface area contributed by atoms with E-state index in [0.29, 0.717) is 32.3 Å². The maximum atomic E-state index is 5.84. The van der Waals surface area contributed by atoms with Gasteiger partial charge in [-0.1, -0.05) is 37.3 Å². The molecule has 0 saturated carbocycles. The van der Waals surface area contributed by atoms with E-state index in [1.54, 1.807) is 7.11 Å². The normalized spacial score (nSPS) is 12.8. The molecule has 0 radical (unpaired) electrons. The Morgan fingerprint density at radius 2 is 2.00 bits per heavy atom. The van der Waals surface area contributed by atoms with Crippen molar-refractivity contribution in [1.29, 1.82) is 0 Å². The standard InChI is InChI=1S/C21H34N6O2/c1-17(15-29-16-19-9-6-5-7-10-19)13-23-21(22-11-8-12-28-4)24-14-20-26-25-18(2)27(20)3/h5-7,9-10,17H,8,11-16H2,1-4H3,(H2,22,23,24). The summed E-state index contributed by atoms with van der Waals surface area (Å²) in [5.41, 5.74) is 1.19. The predicted octanol–water partition coefficient (Wildman–Crippen LogP) is 2.05. The Kier molecular flexibility index (Phi) is 10.2. The molecule has 2 aromatic rings. The number of hydrogen-bond acceptors (Lipinski definition) is 5. The number of ether oxygens (including phenoxy) is 2. The Bertz CT molecular complexity index is 732. The van der Waals surface area contributed by atoms with Crippen LogP contribution in [-0.4, -0.2) is 54.1 Å². The summed E-state index contributed by atoms with van der Waals surface area (Å²) in [5.74, 6) is 2.82. The molecule has 29 heavy (non-hydrogen) atoms. The first-order valence-electron chi connectivity index (χ1n) is 10.1. The van der Waals surface area contributed by atoms with Crippen molar-refractivity contribution in [2.75, 3.05) is 33.4 Å². The molecule has 0 aliphatic heterocycles. The fraction of sp³-hybridized carbons (Fsp3) is 0.571. The van der Waals surface area contributed by atoms with Crippen LogP contribution in [0.25, 0.3) is 0 Å². The Morgan fingerprint density at radius 3 is 2.69 bits per heavy atom. The number of aromatic nitrogens is 3. The van der Waals surface area contributed by atoms with E-state index in [4.69, 9.17) is 9.47 Å². The summed E-state index contributed by atoms with van der Waals surface area (Å²) in [6, 6.07) is 10.2. The number of aliphatic imine (C=N–C) groups is 1. The molecular weight excluding hydrogens is 368 g/mol. The number of rotatable bonds is 12. The van der Waals surface area contributed by atoms with E-state index in [9.17, 15) is 0 Å². The zero-order chi connectivity index (χ0) is 20.9. The molecule has 0 fully saturated rings. The number of guanidine groups is 1. The summed E-state index contributed by atoms with van der Waals surface area (Å²) >= 11 is 0. The van der Waals surface area contributed by atoms with Gasteiger partial charge in [-0.15, -0.1) is 10.2 Å². The topological polar surface area (TPSA) is 85.6 Å². The monoisotopic (exact) mass is 402 g/mol. The SMILES string of the molecule is COCCCNC(=NCc1nnc(C)n1C)NCC(C)COCc1ccccc1. The third-order valence-corrected chi connectivity index (χ3v) is 4.51. The van der Waals surface area contributed by atoms with Crippen LogP contribution in [0.15, 0.2) is 35.3 Å². The molecule has 2 N–H and O–H groups in total. The van der Waals surface area contributed by atoms with Gasteiger partial charge < -0.3 is 24.7 Å². The van der Waals surface area contributed by atoms with E-state index < -0.39 is 0 Å². The summed E-state index contributed by atoms with van der Waals surface area (Å²) in [7, 11) is 3.66. The van der Waals surface area contributed by atoms with Gasteiger partial charge in [0.15, 0.2) is 11.8 Å². The minimum atomic E-state index is 0.349.